The van der Waals surface area contributed by atoms with Gasteiger partial charge in [0.05, 0.1) is 11.6 Å². The van der Waals surface area contributed by atoms with Gasteiger partial charge < -0.3 is 15.0 Å². The normalized spacial score (nSPS) is 14.3. The fourth-order valence-corrected chi connectivity index (χ4v) is 3.22. The number of thiazole rings is 1. The summed E-state index contributed by atoms with van der Waals surface area (Å²) in [6.07, 6.45) is 6.00. The van der Waals surface area contributed by atoms with Crippen LogP contribution in [0.25, 0.3) is 0 Å². The van der Waals surface area contributed by atoms with Gasteiger partial charge in [-0.3, -0.25) is 4.99 Å². The third-order valence-electron chi connectivity index (χ3n) is 4.04. The second-order valence-corrected chi connectivity index (χ2v) is 7.46. The molecule has 1 aromatic heterocycles. The first kappa shape index (κ1) is 22.6. The molecule has 1 saturated carbocycles. The molecular weight excluding hydrogens is 447 g/mol. The average molecular weight is 480 g/mol. The number of aliphatic imine (C=N–C) groups is 1. The van der Waals surface area contributed by atoms with Crippen LogP contribution in [0.3, 0.4) is 0 Å². The Morgan fingerprint density at radius 2 is 2.24 bits per heavy atom. The van der Waals surface area contributed by atoms with E-state index in [9.17, 15) is 0 Å². The van der Waals surface area contributed by atoms with Crippen molar-refractivity contribution in [3.8, 4) is 0 Å². The Morgan fingerprint density at radius 1 is 1.44 bits per heavy atom. The zero-order valence-corrected chi connectivity index (χ0v) is 18.9. The molecule has 0 aliphatic heterocycles. The monoisotopic (exact) mass is 480 g/mol. The molecule has 25 heavy (non-hydrogen) atoms. The van der Waals surface area contributed by atoms with Gasteiger partial charge in [-0.05, 0) is 51.9 Å². The standard InChI is InChI=1S/C18H32N4OS.HI/c1-4-19-18(22(3)11-12-23-13-16-8-9-16)20-10-6-5-7-17-21-15(2)14-24-17;/h14,16H,4-13H2,1-3H3,(H,19,20);1H. The molecule has 0 bridgehead atoms. The zero-order chi connectivity index (χ0) is 17.2. The van der Waals surface area contributed by atoms with E-state index in [4.69, 9.17) is 9.73 Å². The third kappa shape index (κ3) is 9.75. The molecule has 1 aliphatic rings. The van der Waals surface area contributed by atoms with Crippen LogP contribution >= 0.6 is 35.3 Å². The maximum atomic E-state index is 5.72. The zero-order valence-electron chi connectivity index (χ0n) is 15.8. The van der Waals surface area contributed by atoms with Gasteiger partial charge in [-0.2, -0.15) is 0 Å². The number of unbranched alkanes of at least 4 members (excludes halogenated alkanes) is 1. The van der Waals surface area contributed by atoms with Gasteiger partial charge in [0.2, 0.25) is 0 Å². The highest BCUT2D eigenvalue weighted by atomic mass is 127. The number of aryl methyl sites for hydroxylation is 2. The van der Waals surface area contributed by atoms with E-state index in [-0.39, 0.29) is 24.0 Å². The summed E-state index contributed by atoms with van der Waals surface area (Å²) < 4.78 is 5.72. The molecule has 1 N–H and O–H groups in total. The van der Waals surface area contributed by atoms with Crippen LogP contribution in [0, 0.1) is 12.8 Å². The van der Waals surface area contributed by atoms with Gasteiger partial charge in [0.15, 0.2) is 5.96 Å². The topological polar surface area (TPSA) is 49.8 Å². The highest BCUT2D eigenvalue weighted by Crippen LogP contribution is 2.28. The fraction of sp³-hybridized carbons (Fsp3) is 0.778. The molecule has 144 valence electrons. The van der Waals surface area contributed by atoms with Crippen LogP contribution in [0.4, 0.5) is 0 Å². The Kier molecular flexibility index (Phi) is 11.6. The minimum Gasteiger partial charge on any atom is -0.379 e. The molecule has 0 aromatic carbocycles. The summed E-state index contributed by atoms with van der Waals surface area (Å²) in [7, 11) is 2.08. The van der Waals surface area contributed by atoms with E-state index >= 15 is 0 Å². The van der Waals surface area contributed by atoms with Crippen molar-refractivity contribution in [2.24, 2.45) is 10.9 Å². The van der Waals surface area contributed by atoms with Crippen molar-refractivity contribution in [3.05, 3.63) is 16.1 Å². The lowest BCUT2D eigenvalue weighted by molar-refractivity contribution is 0.115. The second kappa shape index (κ2) is 12.9. The first-order valence-electron chi connectivity index (χ1n) is 9.17. The summed E-state index contributed by atoms with van der Waals surface area (Å²) in [4.78, 5) is 11.4. The van der Waals surface area contributed by atoms with Crippen LogP contribution in [0.5, 0.6) is 0 Å². The molecule has 1 heterocycles. The van der Waals surface area contributed by atoms with Gasteiger partial charge in [0.1, 0.15) is 0 Å². The van der Waals surface area contributed by atoms with Gasteiger partial charge in [-0.1, -0.05) is 0 Å². The van der Waals surface area contributed by atoms with E-state index in [1.165, 1.54) is 17.8 Å². The number of ether oxygens (including phenoxy) is 1. The van der Waals surface area contributed by atoms with Crippen molar-refractivity contribution in [2.75, 3.05) is 39.9 Å². The summed E-state index contributed by atoms with van der Waals surface area (Å²) in [6.45, 7) is 8.51. The summed E-state index contributed by atoms with van der Waals surface area (Å²) >= 11 is 1.76. The van der Waals surface area contributed by atoms with Crippen molar-refractivity contribution >= 4 is 41.3 Å². The summed E-state index contributed by atoms with van der Waals surface area (Å²) in [6, 6.07) is 0. The third-order valence-corrected chi connectivity index (χ3v) is 5.07. The Hall–Kier alpha value is -0.410. The molecule has 1 fully saturated rings. The van der Waals surface area contributed by atoms with Gasteiger partial charge in [0.25, 0.3) is 0 Å². The molecule has 1 aromatic rings. The second-order valence-electron chi connectivity index (χ2n) is 6.52. The van der Waals surface area contributed by atoms with Crippen LogP contribution in [-0.4, -0.2) is 55.7 Å². The fourth-order valence-electron chi connectivity index (χ4n) is 2.40. The maximum absolute atomic E-state index is 5.72. The highest BCUT2D eigenvalue weighted by molar-refractivity contribution is 14.0. The van der Waals surface area contributed by atoms with E-state index < -0.39 is 0 Å². The van der Waals surface area contributed by atoms with Crippen molar-refractivity contribution in [1.29, 1.82) is 0 Å². The van der Waals surface area contributed by atoms with Crippen molar-refractivity contribution in [1.82, 2.24) is 15.2 Å². The minimum atomic E-state index is 0. The number of nitrogens with one attached hydrogen (secondary N) is 1. The molecule has 2 rings (SSSR count). The highest BCUT2D eigenvalue weighted by Gasteiger charge is 2.21. The predicted molar refractivity (Wildman–Crippen MR) is 117 cm³/mol. The smallest absolute Gasteiger partial charge is 0.193 e. The van der Waals surface area contributed by atoms with Crippen LogP contribution < -0.4 is 5.32 Å². The maximum Gasteiger partial charge on any atom is 0.193 e. The van der Waals surface area contributed by atoms with E-state index in [2.05, 4.69) is 41.5 Å². The SMILES string of the molecule is CCNC(=NCCCCc1nc(C)cs1)N(C)CCOCC1CC1.I. The van der Waals surface area contributed by atoms with Crippen LogP contribution in [0.2, 0.25) is 0 Å². The van der Waals surface area contributed by atoms with Crippen molar-refractivity contribution in [2.45, 2.75) is 46.0 Å². The number of hydrogen-bond donors (Lipinski definition) is 1. The van der Waals surface area contributed by atoms with Crippen LogP contribution in [0.1, 0.15) is 43.3 Å². The van der Waals surface area contributed by atoms with Crippen LogP contribution in [0.15, 0.2) is 10.4 Å². The Morgan fingerprint density at radius 3 is 2.88 bits per heavy atom. The number of nitrogens with zero attached hydrogens (tertiary/aromatic N) is 3. The largest absolute Gasteiger partial charge is 0.379 e. The van der Waals surface area contributed by atoms with Crippen molar-refractivity contribution in [3.63, 3.8) is 0 Å². The molecule has 0 unspecified atom stereocenters. The average Bonchev–Trinajstić information content (AvgIpc) is 3.30. The summed E-state index contributed by atoms with van der Waals surface area (Å²) in [5.74, 6) is 1.82. The number of guanidine groups is 1. The Bertz CT molecular complexity index is 505. The van der Waals surface area contributed by atoms with Crippen molar-refractivity contribution < 1.29 is 4.74 Å². The number of likely N-dealkylation sites (N-methyl/N-ethyl adjacent to an activating group) is 1. The van der Waals surface area contributed by atoms with Gasteiger partial charge in [-0.15, -0.1) is 35.3 Å². The molecule has 0 radical (unpaired) electrons. The van der Waals surface area contributed by atoms with Gasteiger partial charge >= 0.3 is 0 Å². The van der Waals surface area contributed by atoms with E-state index in [0.29, 0.717) is 0 Å². The molecule has 5 nitrogen and oxygen atoms in total. The predicted octanol–water partition coefficient (Wildman–Crippen LogP) is 3.72. The molecule has 1 aliphatic carbocycles. The number of halogens is 1. The van der Waals surface area contributed by atoms with Gasteiger partial charge in [-0.25, -0.2) is 4.98 Å². The first-order chi connectivity index (χ1) is 11.7. The quantitative estimate of drug-likeness (QED) is 0.227. The molecule has 0 amide bonds. The number of rotatable bonds is 11. The molecule has 7 heteroatoms. The molecule has 0 atom stereocenters. The van der Waals surface area contributed by atoms with E-state index in [1.807, 2.05) is 0 Å². The number of hydrogen-bond acceptors (Lipinski definition) is 4. The summed E-state index contributed by atoms with van der Waals surface area (Å²) in [5, 5.41) is 6.73. The lowest BCUT2D eigenvalue weighted by Crippen LogP contribution is -2.40. The van der Waals surface area contributed by atoms with E-state index in [1.54, 1.807) is 11.3 Å². The van der Waals surface area contributed by atoms with Gasteiger partial charge in [0, 0.05) is 44.4 Å². The first-order valence-corrected chi connectivity index (χ1v) is 10.0. The lowest BCUT2D eigenvalue weighted by atomic mass is 10.2. The lowest BCUT2D eigenvalue weighted by Gasteiger charge is -2.22. The van der Waals surface area contributed by atoms with Crippen LogP contribution in [-0.2, 0) is 11.2 Å². The summed E-state index contributed by atoms with van der Waals surface area (Å²) in [5.41, 5.74) is 1.13. The number of aromatic nitrogens is 1. The van der Waals surface area contributed by atoms with E-state index in [0.717, 1.165) is 69.7 Å². The Balaban J connectivity index is 0.00000312. The minimum absolute atomic E-state index is 0. The molecule has 0 saturated heterocycles. The molecule has 0 spiro atoms. The molecular formula is C18H33IN4OS. The Labute approximate surface area is 173 Å².